The van der Waals surface area contributed by atoms with E-state index in [0.717, 1.165) is 116 Å². The Balaban J connectivity index is 4.66. The van der Waals surface area contributed by atoms with Gasteiger partial charge in [-0.25, -0.2) is 0 Å². The first-order valence-electron chi connectivity index (χ1n) is 24.5. The van der Waals surface area contributed by atoms with Gasteiger partial charge in [-0.1, -0.05) is 198 Å². The van der Waals surface area contributed by atoms with Crippen molar-refractivity contribution in [2.75, 3.05) is 13.2 Å². The van der Waals surface area contributed by atoms with E-state index in [1.54, 1.807) is 0 Å². The molecule has 1 atom stereocenters. The normalized spacial score (nSPS) is 13.5. The molecular formula is C58H86O6. The number of unbranched alkanes of at least 4 members (excludes halogenated alkanes) is 6. The van der Waals surface area contributed by atoms with Crippen LogP contribution in [0.5, 0.6) is 0 Å². The molecule has 0 saturated carbocycles. The summed E-state index contributed by atoms with van der Waals surface area (Å²) in [6, 6.07) is 0. The molecule has 0 radical (unpaired) electrons. The molecule has 6 heteroatoms. The Kier molecular flexibility index (Phi) is 46.7. The van der Waals surface area contributed by atoms with Gasteiger partial charge in [0.05, 0.1) is 0 Å². The maximum absolute atomic E-state index is 12.7. The van der Waals surface area contributed by atoms with E-state index in [-0.39, 0.29) is 38.0 Å². The van der Waals surface area contributed by atoms with Gasteiger partial charge in [-0.3, -0.25) is 14.4 Å². The lowest BCUT2D eigenvalue weighted by Gasteiger charge is -2.18. The van der Waals surface area contributed by atoms with Crippen LogP contribution in [0.15, 0.2) is 158 Å². The van der Waals surface area contributed by atoms with Crippen molar-refractivity contribution in [3.05, 3.63) is 158 Å². The van der Waals surface area contributed by atoms with Gasteiger partial charge in [-0.05, 0) is 109 Å². The van der Waals surface area contributed by atoms with Crippen molar-refractivity contribution in [2.45, 2.75) is 175 Å². The van der Waals surface area contributed by atoms with Gasteiger partial charge in [0.15, 0.2) is 6.10 Å². The maximum atomic E-state index is 12.7. The Bertz CT molecular complexity index is 1520. The van der Waals surface area contributed by atoms with Crippen LogP contribution in [0.2, 0.25) is 0 Å². The van der Waals surface area contributed by atoms with Crippen LogP contribution in [0, 0.1) is 0 Å². The van der Waals surface area contributed by atoms with Gasteiger partial charge in [0.1, 0.15) is 13.2 Å². The predicted octanol–water partition coefficient (Wildman–Crippen LogP) is 16.2. The zero-order valence-electron chi connectivity index (χ0n) is 40.2. The summed E-state index contributed by atoms with van der Waals surface area (Å²) in [5.74, 6) is -1.12. The quantitative estimate of drug-likeness (QED) is 0.0200. The number of rotatable bonds is 41. The van der Waals surface area contributed by atoms with Crippen LogP contribution in [-0.2, 0) is 28.6 Å². The highest BCUT2D eigenvalue weighted by Crippen LogP contribution is 2.10. The van der Waals surface area contributed by atoms with Crippen molar-refractivity contribution < 1.29 is 28.6 Å². The Morgan fingerprint density at radius 1 is 0.328 bits per heavy atom. The second-order valence-electron chi connectivity index (χ2n) is 15.3. The molecule has 354 valence electrons. The van der Waals surface area contributed by atoms with Crippen LogP contribution in [0.3, 0.4) is 0 Å². The molecule has 0 aromatic heterocycles. The van der Waals surface area contributed by atoms with E-state index in [1.807, 2.05) is 18.2 Å². The van der Waals surface area contributed by atoms with E-state index in [9.17, 15) is 14.4 Å². The summed E-state index contributed by atoms with van der Waals surface area (Å²) in [5, 5.41) is 0. The van der Waals surface area contributed by atoms with Crippen molar-refractivity contribution in [2.24, 2.45) is 0 Å². The molecule has 0 aliphatic rings. The minimum absolute atomic E-state index is 0.144. The van der Waals surface area contributed by atoms with Crippen LogP contribution >= 0.6 is 0 Å². The molecule has 0 saturated heterocycles. The minimum Gasteiger partial charge on any atom is -0.462 e. The Labute approximate surface area is 390 Å². The van der Waals surface area contributed by atoms with E-state index in [4.69, 9.17) is 14.2 Å². The van der Waals surface area contributed by atoms with Gasteiger partial charge in [-0.15, -0.1) is 0 Å². The van der Waals surface area contributed by atoms with Crippen molar-refractivity contribution in [1.29, 1.82) is 0 Å². The molecule has 0 spiro atoms. The summed E-state index contributed by atoms with van der Waals surface area (Å²) in [4.78, 5) is 37.9. The van der Waals surface area contributed by atoms with E-state index >= 15 is 0 Å². The first-order valence-corrected chi connectivity index (χ1v) is 24.5. The molecule has 0 amide bonds. The fourth-order valence-corrected chi connectivity index (χ4v) is 5.76. The van der Waals surface area contributed by atoms with Gasteiger partial charge >= 0.3 is 17.9 Å². The van der Waals surface area contributed by atoms with Gasteiger partial charge in [0.2, 0.25) is 0 Å². The third-order valence-corrected chi connectivity index (χ3v) is 9.33. The molecule has 0 N–H and O–H groups in total. The molecule has 0 aliphatic heterocycles. The zero-order chi connectivity index (χ0) is 46.5. The fraction of sp³-hybridized carbons (Fsp3) is 0.500. The summed E-state index contributed by atoms with van der Waals surface area (Å²) in [5.41, 5.74) is 0. The standard InChI is InChI=1S/C58H86O6/c1-4-7-10-13-16-19-22-25-27-29-31-33-36-39-42-45-48-51-57(60)63-54-55(53-62-56(59)50-47-44-41-38-35-32-24-21-18-15-12-9-6-3)64-58(61)52-49-46-43-40-37-34-30-28-26-23-20-17-14-11-8-5-2/h7-12,15-21,24-28,31,33-34,37,39,42-43,46,55H,4-6,13-14,22-23,29-30,32,35-36,38,40-41,44-45,47-54H2,1-3H3/b10-7-,11-8-,12-9-,18-15-,19-16-,20-17-,24-21-,27-25-,28-26-,33-31-,37-34-,42-39-,46-43-. The monoisotopic (exact) mass is 879 g/mol. The molecule has 0 heterocycles. The first-order chi connectivity index (χ1) is 31.5. The van der Waals surface area contributed by atoms with E-state index in [2.05, 4.69) is 161 Å². The number of hydrogen-bond donors (Lipinski definition) is 0. The summed E-state index contributed by atoms with van der Waals surface area (Å²) < 4.78 is 16.6. The van der Waals surface area contributed by atoms with E-state index in [0.29, 0.717) is 19.3 Å². The van der Waals surface area contributed by atoms with Crippen molar-refractivity contribution in [3.63, 3.8) is 0 Å². The van der Waals surface area contributed by atoms with Crippen molar-refractivity contribution >= 4 is 17.9 Å². The molecule has 0 bridgehead atoms. The highest BCUT2D eigenvalue weighted by molar-refractivity contribution is 5.71. The summed E-state index contributed by atoms with van der Waals surface area (Å²) in [6.45, 7) is 6.11. The van der Waals surface area contributed by atoms with Crippen LogP contribution in [-0.4, -0.2) is 37.2 Å². The smallest absolute Gasteiger partial charge is 0.306 e. The Hall–Kier alpha value is -4.97. The van der Waals surface area contributed by atoms with E-state index < -0.39 is 12.1 Å². The van der Waals surface area contributed by atoms with E-state index in [1.165, 1.54) is 0 Å². The van der Waals surface area contributed by atoms with Crippen LogP contribution in [0.4, 0.5) is 0 Å². The average Bonchev–Trinajstić information content (AvgIpc) is 3.29. The summed E-state index contributed by atoms with van der Waals surface area (Å²) in [7, 11) is 0. The summed E-state index contributed by atoms with van der Waals surface area (Å²) in [6.07, 6.45) is 73.9. The lowest BCUT2D eigenvalue weighted by molar-refractivity contribution is -0.166. The van der Waals surface area contributed by atoms with Crippen molar-refractivity contribution in [3.8, 4) is 0 Å². The number of carbonyl (C=O) groups excluding carboxylic acids is 3. The predicted molar refractivity (Wildman–Crippen MR) is 274 cm³/mol. The minimum atomic E-state index is -0.856. The fourth-order valence-electron chi connectivity index (χ4n) is 5.76. The summed E-state index contributed by atoms with van der Waals surface area (Å²) >= 11 is 0. The highest BCUT2D eigenvalue weighted by Gasteiger charge is 2.19. The number of allylic oxidation sites excluding steroid dienone is 26. The second kappa shape index (κ2) is 50.7. The first kappa shape index (κ1) is 59.0. The Morgan fingerprint density at radius 2 is 0.688 bits per heavy atom. The number of esters is 3. The molecule has 0 aromatic carbocycles. The Morgan fingerprint density at radius 3 is 1.16 bits per heavy atom. The second-order valence-corrected chi connectivity index (χ2v) is 15.3. The molecule has 0 aromatic rings. The third kappa shape index (κ3) is 48.1. The van der Waals surface area contributed by atoms with Crippen molar-refractivity contribution in [1.82, 2.24) is 0 Å². The SMILES string of the molecule is CC\C=C/C=C\C=C/CCCCCCCC(=O)OCC(COC(=O)CCC/C=C\C/C=C\C/C=C\C/C=C\C/C=C\CC)OC(=O)CC/C=C\C/C=C\C/C=C\C/C=C\C/C=C\CC. The molecule has 6 nitrogen and oxygen atoms in total. The topological polar surface area (TPSA) is 78.9 Å². The molecule has 0 aliphatic carbocycles. The molecule has 0 rings (SSSR count). The van der Waals surface area contributed by atoms with Gasteiger partial charge in [0, 0.05) is 19.3 Å². The molecular weight excluding hydrogens is 793 g/mol. The molecule has 0 fully saturated rings. The average molecular weight is 879 g/mol. The van der Waals surface area contributed by atoms with Crippen LogP contribution in [0.25, 0.3) is 0 Å². The van der Waals surface area contributed by atoms with Gasteiger partial charge in [-0.2, -0.15) is 0 Å². The third-order valence-electron chi connectivity index (χ3n) is 9.33. The number of carbonyl (C=O) groups is 3. The zero-order valence-corrected chi connectivity index (χ0v) is 40.2. The van der Waals surface area contributed by atoms with Gasteiger partial charge in [0.25, 0.3) is 0 Å². The maximum Gasteiger partial charge on any atom is 0.306 e. The largest absolute Gasteiger partial charge is 0.462 e. The molecule has 1 unspecified atom stereocenters. The van der Waals surface area contributed by atoms with Gasteiger partial charge < -0.3 is 14.2 Å². The number of hydrogen-bond acceptors (Lipinski definition) is 6. The highest BCUT2D eigenvalue weighted by atomic mass is 16.6. The molecule has 64 heavy (non-hydrogen) atoms. The number of ether oxygens (including phenoxy) is 3. The lowest BCUT2D eigenvalue weighted by Crippen LogP contribution is -2.30. The lowest BCUT2D eigenvalue weighted by atomic mass is 10.1. The van der Waals surface area contributed by atoms with Crippen LogP contribution in [0.1, 0.15) is 168 Å². The van der Waals surface area contributed by atoms with Crippen LogP contribution < -0.4 is 0 Å².